The zero-order valence-corrected chi connectivity index (χ0v) is 15.8. The smallest absolute Gasteiger partial charge is 0.296 e. The molecular weight excluding hydrogens is 356 g/mol. The molecule has 0 fully saturated rings. The van der Waals surface area contributed by atoms with Gasteiger partial charge in [0.05, 0.1) is 28.8 Å². The lowest BCUT2D eigenvalue weighted by molar-refractivity contribution is -0.384. The standard InChI is InChI=1S/C17H22N4O4S/c1-4-17-18-12(11-26-17)10-20(2)8-7-16(22)19-14-6-5-13(25-3)9-15(14)21(23)24/h5-6,9,11H,4,7-8,10H2,1-3H3,(H,19,22). The number of nitrogens with one attached hydrogen (secondary N) is 1. The van der Waals surface area contributed by atoms with E-state index in [1.165, 1.54) is 19.2 Å². The second-order valence-corrected chi connectivity index (χ2v) is 6.70. The highest BCUT2D eigenvalue weighted by Crippen LogP contribution is 2.29. The first-order valence-electron chi connectivity index (χ1n) is 8.17. The van der Waals surface area contributed by atoms with E-state index in [1.807, 2.05) is 17.3 Å². The number of aromatic nitrogens is 1. The number of carbonyl (C=O) groups excluding carboxylic acids is 1. The van der Waals surface area contributed by atoms with E-state index >= 15 is 0 Å². The van der Waals surface area contributed by atoms with E-state index in [1.54, 1.807) is 17.4 Å². The number of nitrogens with zero attached hydrogens (tertiary/aromatic N) is 3. The minimum Gasteiger partial charge on any atom is -0.496 e. The van der Waals surface area contributed by atoms with Crippen molar-refractivity contribution in [2.45, 2.75) is 26.3 Å². The van der Waals surface area contributed by atoms with Crippen molar-refractivity contribution in [3.63, 3.8) is 0 Å². The van der Waals surface area contributed by atoms with Crippen LogP contribution < -0.4 is 10.1 Å². The number of rotatable bonds is 9. The molecule has 2 rings (SSSR count). The summed E-state index contributed by atoms with van der Waals surface area (Å²) in [5, 5.41) is 16.9. The lowest BCUT2D eigenvalue weighted by Crippen LogP contribution is -2.24. The molecule has 0 aliphatic heterocycles. The number of nitro benzene ring substituents is 1. The molecule has 0 aliphatic carbocycles. The van der Waals surface area contributed by atoms with Crippen molar-refractivity contribution in [2.75, 3.05) is 26.0 Å². The second-order valence-electron chi connectivity index (χ2n) is 5.76. The normalized spacial score (nSPS) is 10.8. The number of hydrogen-bond acceptors (Lipinski definition) is 7. The number of benzene rings is 1. The molecule has 0 unspecified atom stereocenters. The van der Waals surface area contributed by atoms with Crippen molar-refractivity contribution < 1.29 is 14.5 Å². The molecule has 0 saturated heterocycles. The summed E-state index contributed by atoms with van der Waals surface area (Å²) in [4.78, 5) is 29.2. The average Bonchev–Trinajstić information content (AvgIpc) is 3.07. The number of methoxy groups -OCH3 is 1. The van der Waals surface area contributed by atoms with Gasteiger partial charge in [0.15, 0.2) is 0 Å². The molecule has 0 spiro atoms. The van der Waals surface area contributed by atoms with Gasteiger partial charge in [-0.25, -0.2) is 4.98 Å². The maximum absolute atomic E-state index is 12.1. The number of nitro groups is 1. The Kier molecular flexibility index (Phi) is 7.05. The van der Waals surface area contributed by atoms with Gasteiger partial charge in [0.1, 0.15) is 11.4 Å². The molecule has 1 aromatic carbocycles. The molecule has 0 aliphatic rings. The average molecular weight is 378 g/mol. The van der Waals surface area contributed by atoms with E-state index in [0.717, 1.165) is 17.1 Å². The summed E-state index contributed by atoms with van der Waals surface area (Å²) in [7, 11) is 3.34. The molecule has 1 heterocycles. The number of hydrogen-bond donors (Lipinski definition) is 1. The second kappa shape index (κ2) is 9.25. The van der Waals surface area contributed by atoms with Gasteiger partial charge < -0.3 is 15.0 Å². The Morgan fingerprint density at radius 1 is 1.46 bits per heavy atom. The molecular formula is C17H22N4O4S. The van der Waals surface area contributed by atoms with Gasteiger partial charge in [0, 0.05) is 24.9 Å². The third-order valence-electron chi connectivity index (χ3n) is 3.73. The lowest BCUT2D eigenvalue weighted by atomic mass is 10.2. The summed E-state index contributed by atoms with van der Waals surface area (Å²) in [5.41, 5.74) is 0.955. The Balaban J connectivity index is 1.89. The monoisotopic (exact) mass is 378 g/mol. The van der Waals surface area contributed by atoms with Gasteiger partial charge in [-0.2, -0.15) is 0 Å². The maximum Gasteiger partial charge on any atom is 0.296 e. The lowest BCUT2D eigenvalue weighted by Gasteiger charge is -2.15. The Morgan fingerprint density at radius 3 is 2.85 bits per heavy atom. The number of carbonyl (C=O) groups is 1. The highest BCUT2D eigenvalue weighted by Gasteiger charge is 2.17. The van der Waals surface area contributed by atoms with Gasteiger partial charge in [-0.3, -0.25) is 14.9 Å². The van der Waals surface area contributed by atoms with Crippen LogP contribution in [0.25, 0.3) is 0 Å². The zero-order valence-electron chi connectivity index (χ0n) is 15.0. The predicted molar refractivity (Wildman–Crippen MR) is 101 cm³/mol. The summed E-state index contributed by atoms with van der Waals surface area (Å²) in [6.45, 7) is 3.25. The summed E-state index contributed by atoms with van der Waals surface area (Å²) in [5.74, 6) is 0.0850. The number of aryl methyl sites for hydroxylation is 1. The van der Waals surface area contributed by atoms with Gasteiger partial charge >= 0.3 is 0 Å². The molecule has 2 aromatic rings. The number of ether oxygens (including phenoxy) is 1. The molecule has 0 bridgehead atoms. The summed E-state index contributed by atoms with van der Waals surface area (Å²) in [6.07, 6.45) is 1.14. The van der Waals surface area contributed by atoms with E-state index in [2.05, 4.69) is 17.2 Å². The molecule has 0 radical (unpaired) electrons. The fourth-order valence-corrected chi connectivity index (χ4v) is 3.08. The van der Waals surface area contributed by atoms with Crippen LogP contribution in [0.1, 0.15) is 24.0 Å². The van der Waals surface area contributed by atoms with Crippen molar-refractivity contribution in [3.05, 3.63) is 44.4 Å². The Hall–Kier alpha value is -2.52. The largest absolute Gasteiger partial charge is 0.496 e. The van der Waals surface area contributed by atoms with Gasteiger partial charge in [-0.15, -0.1) is 11.3 Å². The predicted octanol–water partition coefficient (Wildman–Crippen LogP) is 3.08. The first kappa shape index (κ1) is 19.8. The van der Waals surface area contributed by atoms with E-state index in [4.69, 9.17) is 4.74 Å². The Labute approximate surface area is 156 Å². The van der Waals surface area contributed by atoms with Crippen LogP contribution in [-0.4, -0.2) is 41.4 Å². The molecule has 9 heteroatoms. The third kappa shape index (κ3) is 5.50. The van der Waals surface area contributed by atoms with E-state index in [-0.39, 0.29) is 23.7 Å². The van der Waals surface area contributed by atoms with Crippen LogP contribution in [0.4, 0.5) is 11.4 Å². The van der Waals surface area contributed by atoms with E-state index < -0.39 is 4.92 Å². The van der Waals surface area contributed by atoms with Crippen molar-refractivity contribution in [2.24, 2.45) is 0 Å². The molecule has 1 amide bonds. The Bertz CT molecular complexity index is 778. The van der Waals surface area contributed by atoms with Gasteiger partial charge in [0.25, 0.3) is 5.69 Å². The molecule has 26 heavy (non-hydrogen) atoms. The SMILES string of the molecule is CCc1nc(CN(C)CCC(=O)Nc2ccc(OC)cc2[N+](=O)[O-])cs1. The first-order valence-corrected chi connectivity index (χ1v) is 9.05. The van der Waals surface area contributed by atoms with Crippen LogP contribution in [0.15, 0.2) is 23.6 Å². The zero-order chi connectivity index (χ0) is 19.1. The molecule has 8 nitrogen and oxygen atoms in total. The van der Waals surface area contributed by atoms with Crippen LogP contribution in [0.3, 0.4) is 0 Å². The van der Waals surface area contributed by atoms with Crippen molar-refractivity contribution in [3.8, 4) is 5.75 Å². The maximum atomic E-state index is 12.1. The quantitative estimate of drug-likeness (QED) is 0.532. The molecule has 0 saturated carbocycles. The topological polar surface area (TPSA) is 97.6 Å². The van der Waals surface area contributed by atoms with Gasteiger partial charge in [-0.1, -0.05) is 6.92 Å². The highest BCUT2D eigenvalue weighted by atomic mass is 32.1. The third-order valence-corrected chi connectivity index (χ3v) is 4.77. The minimum absolute atomic E-state index is 0.163. The minimum atomic E-state index is -0.544. The van der Waals surface area contributed by atoms with Crippen LogP contribution in [0, 0.1) is 10.1 Å². The van der Waals surface area contributed by atoms with Crippen LogP contribution in [0.5, 0.6) is 5.75 Å². The fourth-order valence-electron chi connectivity index (χ4n) is 2.34. The van der Waals surface area contributed by atoms with E-state index in [9.17, 15) is 14.9 Å². The van der Waals surface area contributed by atoms with Crippen LogP contribution in [0.2, 0.25) is 0 Å². The van der Waals surface area contributed by atoms with Gasteiger partial charge in [0.2, 0.25) is 5.91 Å². The summed E-state index contributed by atoms with van der Waals surface area (Å²) >= 11 is 1.63. The number of anilines is 1. The molecule has 1 N–H and O–H groups in total. The van der Waals surface area contributed by atoms with Gasteiger partial charge in [-0.05, 0) is 25.6 Å². The molecule has 140 valence electrons. The van der Waals surface area contributed by atoms with Crippen molar-refractivity contribution in [1.29, 1.82) is 0 Å². The van der Waals surface area contributed by atoms with Crippen molar-refractivity contribution in [1.82, 2.24) is 9.88 Å². The summed E-state index contributed by atoms with van der Waals surface area (Å²) < 4.78 is 4.98. The number of amides is 1. The van der Waals surface area contributed by atoms with Crippen LogP contribution >= 0.6 is 11.3 Å². The molecule has 0 atom stereocenters. The summed E-state index contributed by atoms with van der Waals surface area (Å²) in [6, 6.07) is 4.33. The fraction of sp³-hybridized carbons (Fsp3) is 0.412. The van der Waals surface area contributed by atoms with Crippen LogP contribution in [-0.2, 0) is 17.8 Å². The first-order chi connectivity index (χ1) is 12.4. The number of thiazole rings is 1. The van der Waals surface area contributed by atoms with E-state index in [0.29, 0.717) is 18.8 Å². The highest BCUT2D eigenvalue weighted by molar-refractivity contribution is 7.09. The Morgan fingerprint density at radius 2 is 2.23 bits per heavy atom. The molecule has 1 aromatic heterocycles. The van der Waals surface area contributed by atoms with Crippen molar-refractivity contribution >= 4 is 28.6 Å².